The Hall–Kier alpha value is -3.16. The summed E-state index contributed by atoms with van der Waals surface area (Å²) >= 11 is 0. The van der Waals surface area contributed by atoms with Crippen molar-refractivity contribution in [3.05, 3.63) is 47.7 Å². The lowest BCUT2D eigenvalue weighted by atomic mass is 10.1. The zero-order chi connectivity index (χ0) is 19.8. The number of nitrogens with one attached hydrogen (secondary N) is 3. The smallest absolute Gasteiger partial charge is 0.272 e. The molecule has 0 radical (unpaired) electrons. The lowest BCUT2D eigenvalue weighted by Crippen LogP contribution is -2.39. The van der Waals surface area contributed by atoms with Crippen molar-refractivity contribution >= 4 is 23.5 Å². The summed E-state index contributed by atoms with van der Waals surface area (Å²) < 4.78 is 1.42. The lowest BCUT2D eigenvalue weighted by molar-refractivity contribution is -0.120. The number of anilines is 1. The maximum atomic E-state index is 12.1. The van der Waals surface area contributed by atoms with Crippen LogP contribution in [0.2, 0.25) is 0 Å². The number of carbonyl (C=O) groups is 3. The van der Waals surface area contributed by atoms with Crippen LogP contribution in [0.3, 0.4) is 0 Å². The highest BCUT2D eigenvalue weighted by Gasteiger charge is 2.15. The predicted octanol–water partition coefficient (Wildman–Crippen LogP) is 1.25. The SMILES string of the molecule is CC(C)NC(=O)CNC(=O)c1cc(NC(=O)CCc2ccccc2)n(C)n1. The number of amides is 3. The Kier molecular flexibility index (Phi) is 7.10. The minimum atomic E-state index is -0.478. The van der Waals surface area contributed by atoms with Crippen molar-refractivity contribution in [1.82, 2.24) is 20.4 Å². The van der Waals surface area contributed by atoms with Crippen LogP contribution in [0.1, 0.15) is 36.3 Å². The van der Waals surface area contributed by atoms with Crippen LogP contribution < -0.4 is 16.0 Å². The van der Waals surface area contributed by atoms with Gasteiger partial charge in [0, 0.05) is 25.6 Å². The molecule has 3 N–H and O–H groups in total. The Bertz CT molecular complexity index is 799. The molecule has 2 aromatic rings. The van der Waals surface area contributed by atoms with Crippen LogP contribution in [0.25, 0.3) is 0 Å². The van der Waals surface area contributed by atoms with Gasteiger partial charge < -0.3 is 16.0 Å². The van der Waals surface area contributed by atoms with Gasteiger partial charge in [-0.15, -0.1) is 0 Å². The number of rotatable bonds is 8. The first-order valence-electron chi connectivity index (χ1n) is 8.80. The van der Waals surface area contributed by atoms with Crippen molar-refractivity contribution in [3.63, 3.8) is 0 Å². The molecule has 8 nitrogen and oxygen atoms in total. The average Bonchev–Trinajstić information content (AvgIpc) is 2.99. The van der Waals surface area contributed by atoms with E-state index in [-0.39, 0.29) is 30.1 Å². The van der Waals surface area contributed by atoms with E-state index in [2.05, 4.69) is 21.0 Å². The number of hydrogen-bond donors (Lipinski definition) is 3. The molecule has 0 fully saturated rings. The van der Waals surface area contributed by atoms with E-state index >= 15 is 0 Å². The van der Waals surface area contributed by atoms with Crippen molar-refractivity contribution in [1.29, 1.82) is 0 Å². The molecule has 0 unspecified atom stereocenters. The highest BCUT2D eigenvalue weighted by molar-refractivity contribution is 5.97. The first-order chi connectivity index (χ1) is 12.8. The fourth-order valence-corrected chi connectivity index (χ4v) is 2.43. The van der Waals surface area contributed by atoms with Gasteiger partial charge >= 0.3 is 0 Å². The highest BCUT2D eigenvalue weighted by atomic mass is 16.2. The largest absolute Gasteiger partial charge is 0.352 e. The molecule has 0 bridgehead atoms. The van der Waals surface area contributed by atoms with Crippen LogP contribution in [0.15, 0.2) is 36.4 Å². The summed E-state index contributed by atoms with van der Waals surface area (Å²) in [6.07, 6.45) is 0.953. The maximum Gasteiger partial charge on any atom is 0.272 e. The van der Waals surface area contributed by atoms with E-state index in [0.29, 0.717) is 18.7 Å². The molecule has 2 rings (SSSR count). The molecular formula is C19H25N5O3. The second kappa shape index (κ2) is 9.51. The summed E-state index contributed by atoms with van der Waals surface area (Å²) in [6.45, 7) is 3.54. The number of aryl methyl sites for hydroxylation is 2. The number of carbonyl (C=O) groups excluding carboxylic acids is 3. The van der Waals surface area contributed by atoms with Gasteiger partial charge in [-0.1, -0.05) is 30.3 Å². The van der Waals surface area contributed by atoms with Crippen LogP contribution in [0.4, 0.5) is 5.82 Å². The Balaban J connectivity index is 1.86. The van der Waals surface area contributed by atoms with Gasteiger partial charge in [-0.25, -0.2) is 0 Å². The van der Waals surface area contributed by atoms with Crippen molar-refractivity contribution in [2.75, 3.05) is 11.9 Å². The number of aromatic nitrogens is 2. The van der Waals surface area contributed by atoms with Gasteiger partial charge in [0.25, 0.3) is 5.91 Å². The van der Waals surface area contributed by atoms with E-state index in [9.17, 15) is 14.4 Å². The summed E-state index contributed by atoms with van der Waals surface area (Å²) in [5.74, 6) is -0.493. The van der Waals surface area contributed by atoms with Crippen LogP contribution in [-0.4, -0.2) is 40.1 Å². The molecular weight excluding hydrogens is 346 g/mol. The molecule has 0 aliphatic rings. The van der Waals surface area contributed by atoms with Crippen LogP contribution >= 0.6 is 0 Å². The van der Waals surface area contributed by atoms with Gasteiger partial charge in [-0.2, -0.15) is 5.10 Å². The highest BCUT2D eigenvalue weighted by Crippen LogP contribution is 2.10. The summed E-state index contributed by atoms with van der Waals surface area (Å²) in [5, 5.41) is 12.0. The summed E-state index contributed by atoms with van der Waals surface area (Å²) in [4.78, 5) is 35.8. The quantitative estimate of drug-likeness (QED) is 0.649. The minimum absolute atomic E-state index is 0.00181. The van der Waals surface area contributed by atoms with Gasteiger partial charge in [0.1, 0.15) is 5.82 Å². The van der Waals surface area contributed by atoms with Crippen molar-refractivity contribution in [3.8, 4) is 0 Å². The Morgan fingerprint density at radius 3 is 2.48 bits per heavy atom. The molecule has 0 aliphatic carbocycles. The molecule has 0 saturated heterocycles. The lowest BCUT2D eigenvalue weighted by Gasteiger charge is -2.08. The first kappa shape index (κ1) is 20.2. The Morgan fingerprint density at radius 2 is 1.81 bits per heavy atom. The zero-order valence-corrected chi connectivity index (χ0v) is 15.8. The summed E-state index contributed by atoms with van der Waals surface area (Å²) in [7, 11) is 1.63. The van der Waals surface area contributed by atoms with Crippen molar-refractivity contribution in [2.45, 2.75) is 32.7 Å². The first-order valence-corrected chi connectivity index (χ1v) is 8.80. The third-order valence-electron chi connectivity index (χ3n) is 3.72. The predicted molar refractivity (Wildman–Crippen MR) is 102 cm³/mol. The molecule has 0 spiro atoms. The van der Waals surface area contributed by atoms with E-state index in [1.165, 1.54) is 10.7 Å². The molecule has 1 heterocycles. The monoisotopic (exact) mass is 371 g/mol. The van der Waals surface area contributed by atoms with Gasteiger partial charge in [0.15, 0.2) is 5.69 Å². The molecule has 0 atom stereocenters. The van der Waals surface area contributed by atoms with Crippen LogP contribution in [0, 0.1) is 0 Å². The molecule has 3 amide bonds. The van der Waals surface area contributed by atoms with E-state index in [1.807, 2.05) is 44.2 Å². The third kappa shape index (κ3) is 6.58. The van der Waals surface area contributed by atoms with Crippen molar-refractivity contribution < 1.29 is 14.4 Å². The molecule has 0 aliphatic heterocycles. The van der Waals surface area contributed by atoms with Gasteiger partial charge in [-0.3, -0.25) is 19.1 Å². The minimum Gasteiger partial charge on any atom is -0.352 e. The number of nitrogens with zero attached hydrogens (tertiary/aromatic N) is 2. The van der Waals surface area contributed by atoms with E-state index in [0.717, 1.165) is 5.56 Å². The van der Waals surface area contributed by atoms with E-state index < -0.39 is 5.91 Å². The normalized spacial score (nSPS) is 10.5. The number of benzene rings is 1. The van der Waals surface area contributed by atoms with E-state index in [1.54, 1.807) is 7.05 Å². The second-order valence-corrected chi connectivity index (χ2v) is 6.48. The van der Waals surface area contributed by atoms with Gasteiger partial charge in [0.2, 0.25) is 11.8 Å². The molecule has 144 valence electrons. The number of hydrogen-bond acceptors (Lipinski definition) is 4. The van der Waals surface area contributed by atoms with Gasteiger partial charge in [-0.05, 0) is 25.8 Å². The standard InChI is InChI=1S/C19H25N5O3/c1-13(2)21-18(26)12-20-19(27)15-11-16(24(3)23-15)22-17(25)10-9-14-7-5-4-6-8-14/h4-8,11,13H,9-10,12H2,1-3H3,(H,20,27)(H,21,26)(H,22,25). The van der Waals surface area contributed by atoms with Crippen molar-refractivity contribution in [2.24, 2.45) is 7.05 Å². The third-order valence-corrected chi connectivity index (χ3v) is 3.72. The zero-order valence-electron chi connectivity index (χ0n) is 15.8. The van der Waals surface area contributed by atoms with Crippen LogP contribution in [0.5, 0.6) is 0 Å². The molecule has 8 heteroatoms. The molecule has 1 aromatic heterocycles. The fourth-order valence-electron chi connectivity index (χ4n) is 2.43. The molecule has 1 aromatic carbocycles. The average molecular weight is 371 g/mol. The summed E-state index contributed by atoms with van der Waals surface area (Å²) in [5.41, 5.74) is 1.21. The second-order valence-electron chi connectivity index (χ2n) is 6.48. The molecule has 0 saturated carbocycles. The van der Waals surface area contributed by atoms with E-state index in [4.69, 9.17) is 0 Å². The maximum absolute atomic E-state index is 12.1. The van der Waals surface area contributed by atoms with Crippen LogP contribution in [-0.2, 0) is 23.1 Å². The summed E-state index contributed by atoms with van der Waals surface area (Å²) in [6, 6.07) is 11.2. The fraction of sp³-hybridized carbons (Fsp3) is 0.368. The topological polar surface area (TPSA) is 105 Å². The molecule has 27 heavy (non-hydrogen) atoms. The Labute approximate surface area is 158 Å². The van der Waals surface area contributed by atoms with Gasteiger partial charge in [0.05, 0.1) is 6.54 Å². The Morgan fingerprint density at radius 1 is 1.11 bits per heavy atom.